The number of rotatable bonds is 7. The van der Waals surface area contributed by atoms with E-state index in [1.165, 1.54) is 31.3 Å². The van der Waals surface area contributed by atoms with E-state index in [2.05, 4.69) is 32.6 Å². The van der Waals surface area contributed by atoms with Crippen LogP contribution in [0.4, 0.5) is 0 Å². The van der Waals surface area contributed by atoms with Crippen molar-refractivity contribution >= 4 is 5.91 Å². The zero-order chi connectivity index (χ0) is 28.7. The third-order valence-electron chi connectivity index (χ3n) is 10.9. The van der Waals surface area contributed by atoms with E-state index in [-0.39, 0.29) is 23.5 Å². The fraction of sp³-hybridized carbons (Fsp3) is 0.629. The largest absolute Gasteiger partial charge is 0.497 e. The molecule has 1 heterocycles. The lowest BCUT2D eigenvalue weighted by Gasteiger charge is -2.45. The molecule has 1 aliphatic heterocycles. The molecular formula is C35H49NO4. The van der Waals surface area contributed by atoms with E-state index in [9.17, 15) is 15.0 Å². The van der Waals surface area contributed by atoms with Crippen LogP contribution in [0.15, 0.2) is 59.7 Å². The molecule has 1 aromatic rings. The summed E-state index contributed by atoms with van der Waals surface area (Å²) in [7, 11) is 1.66. The number of carbonyl (C=O) groups is 1. The Morgan fingerprint density at radius 3 is 2.60 bits per heavy atom. The Hall–Kier alpha value is -2.37. The predicted molar refractivity (Wildman–Crippen MR) is 160 cm³/mol. The first-order chi connectivity index (χ1) is 19.0. The molecule has 5 heteroatoms. The highest BCUT2D eigenvalue weighted by molar-refractivity contribution is 5.87. The number of allylic oxidation sites excluding steroid dienone is 3. The molecule has 2 N–H and O–H groups in total. The molecule has 40 heavy (non-hydrogen) atoms. The highest BCUT2D eigenvalue weighted by Gasteiger charge is 2.53. The molecule has 3 aliphatic carbocycles. The molecule has 5 rings (SSSR count). The van der Waals surface area contributed by atoms with Gasteiger partial charge in [-0.2, -0.15) is 0 Å². The second-order valence-electron chi connectivity index (χ2n) is 13.6. The van der Waals surface area contributed by atoms with Crippen molar-refractivity contribution in [1.29, 1.82) is 0 Å². The van der Waals surface area contributed by atoms with E-state index in [1.54, 1.807) is 19.6 Å². The Morgan fingerprint density at radius 2 is 1.88 bits per heavy atom. The van der Waals surface area contributed by atoms with E-state index in [0.717, 1.165) is 49.0 Å². The summed E-state index contributed by atoms with van der Waals surface area (Å²) in [5.41, 5.74) is 3.71. The second kappa shape index (κ2) is 11.5. The smallest absolute Gasteiger partial charge is 0.254 e. The molecule has 2 unspecified atom stereocenters. The Bertz CT molecular complexity index is 1160. The number of methoxy groups -OCH3 is 1. The molecule has 0 bridgehead atoms. The van der Waals surface area contributed by atoms with Crippen molar-refractivity contribution in [3.63, 3.8) is 0 Å². The average Bonchev–Trinajstić information content (AvgIpc) is 3.39. The average molecular weight is 548 g/mol. The highest BCUT2D eigenvalue weighted by atomic mass is 16.5. The third-order valence-corrected chi connectivity index (χ3v) is 10.9. The Kier molecular flexibility index (Phi) is 8.37. The van der Waals surface area contributed by atoms with Crippen LogP contribution in [0.25, 0.3) is 0 Å². The topological polar surface area (TPSA) is 70.0 Å². The molecule has 1 saturated heterocycles. The first kappa shape index (κ1) is 29.1. The molecular weight excluding hydrogens is 498 g/mol. The molecule has 218 valence electrons. The number of aliphatic hydroxyl groups excluding tert-OH is 1. The third kappa shape index (κ3) is 5.56. The number of hydrogen-bond donors (Lipinski definition) is 2. The Labute approximate surface area is 241 Å². The van der Waals surface area contributed by atoms with E-state index in [1.807, 2.05) is 29.2 Å². The monoisotopic (exact) mass is 547 g/mol. The summed E-state index contributed by atoms with van der Waals surface area (Å²) in [6.45, 7) is 11.3. The molecule has 7 atom stereocenters. The van der Waals surface area contributed by atoms with E-state index in [0.29, 0.717) is 30.7 Å². The van der Waals surface area contributed by atoms with Gasteiger partial charge in [0.05, 0.1) is 13.2 Å². The minimum absolute atomic E-state index is 0.0364. The molecule has 0 aromatic heterocycles. The van der Waals surface area contributed by atoms with Gasteiger partial charge < -0.3 is 19.8 Å². The second-order valence-corrected chi connectivity index (χ2v) is 13.6. The SMILES string of the molecule is C=C1/C(=C\C=C2/CCC[C@]3(C)[C@@H]([C@H](C)CC4CC(C)(O)C(=O)N4Cc4ccc(OC)cc4)CC[C@@H]23)CCC[C@@H]1O. The first-order valence-corrected chi connectivity index (χ1v) is 15.5. The summed E-state index contributed by atoms with van der Waals surface area (Å²) in [6.07, 6.45) is 14.6. The van der Waals surface area contributed by atoms with Gasteiger partial charge in [0.2, 0.25) is 0 Å². The number of ether oxygens (including phenoxy) is 1. The standard InChI is InChI=1S/C35H49NO4/c1-23(20-28-21-35(4,39)33(38)36(28)22-25-11-15-29(40-5)16-12-25)30-17-18-31-27(9-7-19-34(30,31)3)14-13-26-8-6-10-32(37)24(26)2/h11-16,23,28,30-32,37,39H,2,6-10,17-22H2,1,3-5H3/b26-13-,27-14+/t23-,28?,30-,31+,32+,34-,35?/m1/s1. The van der Waals surface area contributed by atoms with Gasteiger partial charge in [-0.3, -0.25) is 4.79 Å². The van der Waals surface area contributed by atoms with Crippen molar-refractivity contribution in [3.05, 3.63) is 65.3 Å². The van der Waals surface area contributed by atoms with Crippen molar-refractivity contribution in [3.8, 4) is 5.75 Å². The van der Waals surface area contributed by atoms with Gasteiger partial charge in [-0.1, -0.05) is 50.3 Å². The Morgan fingerprint density at radius 1 is 1.12 bits per heavy atom. The number of hydrogen-bond acceptors (Lipinski definition) is 4. The molecule has 3 saturated carbocycles. The van der Waals surface area contributed by atoms with Crippen LogP contribution in [0.5, 0.6) is 5.75 Å². The van der Waals surface area contributed by atoms with Crippen molar-refractivity contribution in [2.45, 2.75) is 109 Å². The molecule has 0 radical (unpaired) electrons. The minimum atomic E-state index is -1.30. The van der Waals surface area contributed by atoms with Gasteiger partial charge in [-0.05, 0) is 117 Å². The number of nitrogens with zero attached hydrogens (tertiary/aromatic N) is 1. The maximum atomic E-state index is 13.3. The molecule has 5 nitrogen and oxygen atoms in total. The fourth-order valence-electron chi connectivity index (χ4n) is 8.71. The predicted octanol–water partition coefficient (Wildman–Crippen LogP) is 6.74. The maximum absolute atomic E-state index is 13.3. The van der Waals surface area contributed by atoms with Crippen LogP contribution in [-0.4, -0.2) is 45.9 Å². The van der Waals surface area contributed by atoms with Gasteiger partial charge >= 0.3 is 0 Å². The van der Waals surface area contributed by atoms with Gasteiger partial charge in [0.1, 0.15) is 11.4 Å². The van der Waals surface area contributed by atoms with Crippen molar-refractivity contribution in [2.75, 3.05) is 7.11 Å². The minimum Gasteiger partial charge on any atom is -0.497 e. The molecule has 4 fully saturated rings. The van der Waals surface area contributed by atoms with E-state index in [4.69, 9.17) is 4.74 Å². The van der Waals surface area contributed by atoms with Crippen LogP contribution in [-0.2, 0) is 11.3 Å². The van der Waals surface area contributed by atoms with E-state index < -0.39 is 5.60 Å². The summed E-state index contributed by atoms with van der Waals surface area (Å²) in [5, 5.41) is 21.2. The number of benzene rings is 1. The van der Waals surface area contributed by atoms with Crippen LogP contribution in [0.3, 0.4) is 0 Å². The van der Waals surface area contributed by atoms with Crippen LogP contribution in [0.2, 0.25) is 0 Å². The summed E-state index contributed by atoms with van der Waals surface area (Å²) >= 11 is 0. The zero-order valence-electron chi connectivity index (χ0n) is 25.0. The van der Waals surface area contributed by atoms with Gasteiger partial charge in [-0.25, -0.2) is 0 Å². The fourth-order valence-corrected chi connectivity index (χ4v) is 8.71. The van der Waals surface area contributed by atoms with Crippen LogP contribution in [0.1, 0.15) is 90.5 Å². The van der Waals surface area contributed by atoms with Crippen molar-refractivity contribution in [1.82, 2.24) is 4.90 Å². The number of amides is 1. The van der Waals surface area contributed by atoms with Gasteiger partial charge in [0.15, 0.2) is 0 Å². The summed E-state index contributed by atoms with van der Waals surface area (Å²) < 4.78 is 5.30. The van der Waals surface area contributed by atoms with Gasteiger partial charge in [0.25, 0.3) is 5.91 Å². The molecule has 1 amide bonds. The lowest BCUT2D eigenvalue weighted by atomic mass is 9.60. The molecule has 4 aliphatic rings. The maximum Gasteiger partial charge on any atom is 0.254 e. The number of aliphatic hydroxyl groups is 2. The van der Waals surface area contributed by atoms with Crippen LogP contribution < -0.4 is 4.74 Å². The van der Waals surface area contributed by atoms with Crippen LogP contribution in [0, 0.1) is 23.2 Å². The lowest BCUT2D eigenvalue weighted by molar-refractivity contribution is -0.142. The molecule has 1 aromatic carbocycles. The zero-order valence-corrected chi connectivity index (χ0v) is 25.0. The van der Waals surface area contributed by atoms with Gasteiger partial charge in [-0.15, -0.1) is 0 Å². The summed E-state index contributed by atoms with van der Waals surface area (Å²) in [6, 6.07) is 7.92. The van der Waals surface area contributed by atoms with Gasteiger partial charge in [0, 0.05) is 19.0 Å². The Balaban J connectivity index is 1.30. The van der Waals surface area contributed by atoms with Crippen LogP contribution >= 0.6 is 0 Å². The van der Waals surface area contributed by atoms with E-state index >= 15 is 0 Å². The summed E-state index contributed by atoms with van der Waals surface area (Å²) in [5.74, 6) is 2.31. The first-order valence-electron chi connectivity index (χ1n) is 15.5. The highest BCUT2D eigenvalue weighted by Crippen LogP contribution is 2.60. The van der Waals surface area contributed by atoms with Crippen molar-refractivity contribution < 1.29 is 19.7 Å². The molecule has 0 spiro atoms. The summed E-state index contributed by atoms with van der Waals surface area (Å²) in [4.78, 5) is 15.2. The quantitative estimate of drug-likeness (QED) is 0.396. The lowest BCUT2D eigenvalue weighted by Crippen LogP contribution is -2.40. The number of carbonyl (C=O) groups excluding carboxylic acids is 1. The number of fused-ring (bicyclic) bond motifs is 1. The normalized spacial score (nSPS) is 37.3. The van der Waals surface area contributed by atoms with Crippen molar-refractivity contribution in [2.24, 2.45) is 23.2 Å². The number of likely N-dealkylation sites (tertiary alicyclic amines) is 1.